The molecule has 4 nitrogen and oxygen atoms in total. The number of allylic oxidation sites excluding steroid dienone is 4. The molecule has 2 aliphatic carbocycles. The molecule has 5 heteroatoms. The highest BCUT2D eigenvalue weighted by Crippen LogP contribution is 2.55. The zero-order valence-electron chi connectivity index (χ0n) is 18.2. The summed E-state index contributed by atoms with van der Waals surface area (Å²) >= 11 is 0. The lowest BCUT2D eigenvalue weighted by molar-refractivity contribution is 0.0330. The fraction of sp³-hybridized carbons (Fsp3) is 0.500. The Balaban J connectivity index is 1.80. The molecule has 1 N–H and O–H groups in total. The minimum absolute atomic E-state index is 0.0805. The van der Waals surface area contributed by atoms with Crippen molar-refractivity contribution in [3.63, 3.8) is 0 Å². The van der Waals surface area contributed by atoms with Gasteiger partial charge in [-0.05, 0) is 59.3 Å². The van der Waals surface area contributed by atoms with Crippen LogP contribution in [-0.4, -0.2) is 15.5 Å². The highest BCUT2D eigenvalue weighted by Gasteiger charge is 2.47. The topological polar surface area (TPSA) is 55.4 Å². The van der Waals surface area contributed by atoms with Gasteiger partial charge in [-0.25, -0.2) is 8.42 Å². The lowest BCUT2D eigenvalue weighted by Crippen LogP contribution is -2.43. The van der Waals surface area contributed by atoms with E-state index in [1.54, 1.807) is 25.3 Å². The van der Waals surface area contributed by atoms with Crippen molar-refractivity contribution in [3.05, 3.63) is 65.3 Å². The van der Waals surface area contributed by atoms with Crippen LogP contribution in [0, 0.1) is 22.7 Å². The average Bonchev–Trinajstić information content (AvgIpc) is 2.66. The van der Waals surface area contributed by atoms with Crippen LogP contribution in [0.2, 0.25) is 0 Å². The predicted molar refractivity (Wildman–Crippen MR) is 120 cm³/mol. The van der Waals surface area contributed by atoms with Gasteiger partial charge in [-0.2, -0.15) is 0 Å². The van der Waals surface area contributed by atoms with Gasteiger partial charge in [0.25, 0.3) is 10.0 Å². The molecule has 0 amide bonds. The second-order valence-corrected chi connectivity index (χ2v) is 11.4. The quantitative estimate of drug-likeness (QED) is 0.610. The Kier molecular flexibility index (Phi) is 5.74. The summed E-state index contributed by atoms with van der Waals surface area (Å²) in [6, 6.07) is 7.32. The molecule has 0 saturated heterocycles. The number of ether oxygens (including phenoxy) is 1. The van der Waals surface area contributed by atoms with Crippen molar-refractivity contribution >= 4 is 15.7 Å². The monoisotopic (exact) mass is 415 g/mol. The van der Waals surface area contributed by atoms with Crippen LogP contribution in [0.15, 0.2) is 59.7 Å². The van der Waals surface area contributed by atoms with Gasteiger partial charge >= 0.3 is 0 Å². The third-order valence-electron chi connectivity index (χ3n) is 6.62. The van der Waals surface area contributed by atoms with Crippen molar-refractivity contribution in [2.45, 2.75) is 47.0 Å². The Hall–Kier alpha value is -2.01. The molecule has 29 heavy (non-hydrogen) atoms. The standard InChI is InChI=1S/C24H33NO3S/c1-17(28-6)15-18-7-9-19(10-8-18)25-29(26,27)20-11-12-21-22(16-20)24(4,5)14-13-23(21,2)3/h7-12,16,21-22,25H,1,13-15H2,2-6H3. The van der Waals surface area contributed by atoms with Crippen molar-refractivity contribution in [2.24, 2.45) is 22.7 Å². The van der Waals surface area contributed by atoms with Crippen LogP contribution < -0.4 is 4.72 Å². The molecule has 158 valence electrons. The van der Waals surface area contributed by atoms with E-state index in [-0.39, 0.29) is 16.7 Å². The van der Waals surface area contributed by atoms with Gasteiger partial charge in [0.15, 0.2) is 0 Å². The molecule has 0 bridgehead atoms. The van der Waals surface area contributed by atoms with E-state index in [1.807, 2.05) is 18.2 Å². The van der Waals surface area contributed by atoms with Crippen LogP contribution in [0.4, 0.5) is 5.69 Å². The molecule has 1 aromatic rings. The van der Waals surface area contributed by atoms with Gasteiger partial charge in [0.2, 0.25) is 0 Å². The van der Waals surface area contributed by atoms with Crippen LogP contribution >= 0.6 is 0 Å². The first kappa shape index (κ1) is 21.7. The van der Waals surface area contributed by atoms with Gasteiger partial charge in [0, 0.05) is 12.1 Å². The number of benzene rings is 1. The number of hydrogen-bond donors (Lipinski definition) is 1. The summed E-state index contributed by atoms with van der Waals surface area (Å²) in [4.78, 5) is 0.362. The van der Waals surface area contributed by atoms with Gasteiger partial charge in [0.1, 0.15) is 0 Å². The molecular weight excluding hydrogens is 382 g/mol. The number of hydrogen-bond acceptors (Lipinski definition) is 3. The maximum absolute atomic E-state index is 13.0. The first-order valence-electron chi connectivity index (χ1n) is 10.2. The van der Waals surface area contributed by atoms with E-state index in [0.29, 0.717) is 28.7 Å². The summed E-state index contributed by atoms with van der Waals surface area (Å²) in [5.41, 5.74) is 1.83. The maximum Gasteiger partial charge on any atom is 0.261 e. The lowest BCUT2D eigenvalue weighted by atomic mass is 9.54. The second-order valence-electron chi connectivity index (χ2n) is 9.68. The van der Waals surface area contributed by atoms with E-state index >= 15 is 0 Å². The van der Waals surface area contributed by atoms with Crippen LogP contribution in [0.5, 0.6) is 0 Å². The Labute approximate surface area is 175 Å². The van der Waals surface area contributed by atoms with Crippen molar-refractivity contribution < 1.29 is 13.2 Å². The van der Waals surface area contributed by atoms with E-state index in [4.69, 9.17) is 4.74 Å². The molecule has 1 aromatic carbocycles. The Morgan fingerprint density at radius 2 is 1.69 bits per heavy atom. The van der Waals surface area contributed by atoms with Crippen LogP contribution in [0.3, 0.4) is 0 Å². The number of methoxy groups -OCH3 is 1. The minimum Gasteiger partial charge on any atom is -0.501 e. The van der Waals surface area contributed by atoms with E-state index in [9.17, 15) is 8.42 Å². The Morgan fingerprint density at radius 1 is 1.10 bits per heavy atom. The fourth-order valence-corrected chi connectivity index (χ4v) is 5.62. The Bertz CT molecular complexity index is 937. The Morgan fingerprint density at radius 3 is 2.28 bits per heavy atom. The zero-order chi connectivity index (χ0) is 21.4. The van der Waals surface area contributed by atoms with Gasteiger partial charge in [-0.15, -0.1) is 0 Å². The second kappa shape index (κ2) is 7.67. The fourth-order valence-electron chi connectivity index (χ4n) is 4.47. The third-order valence-corrected chi connectivity index (χ3v) is 8.02. The summed E-state index contributed by atoms with van der Waals surface area (Å²) in [7, 11) is -2.04. The molecule has 0 heterocycles. The minimum atomic E-state index is -3.63. The lowest BCUT2D eigenvalue weighted by Gasteiger charge is -2.51. The van der Waals surface area contributed by atoms with Gasteiger partial charge in [-0.1, -0.05) is 58.6 Å². The molecule has 2 unspecified atom stereocenters. The van der Waals surface area contributed by atoms with Crippen molar-refractivity contribution in [1.29, 1.82) is 0 Å². The van der Waals surface area contributed by atoms with E-state index in [2.05, 4.69) is 45.1 Å². The molecule has 1 fully saturated rings. The van der Waals surface area contributed by atoms with Crippen molar-refractivity contribution in [1.82, 2.24) is 0 Å². The summed E-state index contributed by atoms with van der Waals surface area (Å²) in [5.74, 6) is 1.24. The van der Waals surface area contributed by atoms with Crippen molar-refractivity contribution in [3.8, 4) is 0 Å². The van der Waals surface area contributed by atoms with Crippen molar-refractivity contribution in [2.75, 3.05) is 11.8 Å². The van der Waals surface area contributed by atoms with Gasteiger partial charge in [0.05, 0.1) is 17.8 Å². The average molecular weight is 416 g/mol. The SMILES string of the molecule is C=C(Cc1ccc(NS(=O)(=O)C2=CC3C(C=C2)C(C)(C)CCC3(C)C)cc1)OC. The van der Waals surface area contributed by atoms with Crippen LogP contribution in [0.25, 0.3) is 0 Å². The number of sulfonamides is 1. The highest BCUT2D eigenvalue weighted by molar-refractivity contribution is 7.96. The van der Waals surface area contributed by atoms with Crippen LogP contribution in [0.1, 0.15) is 46.1 Å². The normalized spacial score (nSPS) is 24.9. The van der Waals surface area contributed by atoms with Crippen LogP contribution in [-0.2, 0) is 21.2 Å². The summed E-state index contributed by atoms with van der Waals surface area (Å²) < 4.78 is 33.9. The third kappa shape index (κ3) is 4.61. The molecule has 0 aromatic heterocycles. The number of fused-ring (bicyclic) bond motifs is 1. The molecule has 0 aliphatic heterocycles. The number of anilines is 1. The van der Waals surface area contributed by atoms with E-state index in [0.717, 1.165) is 18.4 Å². The van der Waals surface area contributed by atoms with E-state index < -0.39 is 10.0 Å². The molecule has 2 aliphatic rings. The molecular formula is C24H33NO3S. The zero-order valence-corrected chi connectivity index (χ0v) is 19.0. The predicted octanol–water partition coefficient (Wildman–Crippen LogP) is 5.66. The molecule has 2 atom stereocenters. The molecule has 3 rings (SSSR count). The summed E-state index contributed by atoms with van der Waals surface area (Å²) in [6.07, 6.45) is 8.72. The number of nitrogens with one attached hydrogen (secondary N) is 1. The van der Waals surface area contributed by atoms with Gasteiger partial charge in [-0.3, -0.25) is 4.72 Å². The number of rotatable bonds is 6. The van der Waals surface area contributed by atoms with E-state index in [1.165, 1.54) is 0 Å². The largest absolute Gasteiger partial charge is 0.501 e. The summed E-state index contributed by atoms with van der Waals surface area (Å²) in [6.45, 7) is 12.9. The molecule has 0 spiro atoms. The first-order chi connectivity index (χ1) is 13.4. The molecule has 0 radical (unpaired) electrons. The summed E-state index contributed by atoms with van der Waals surface area (Å²) in [5, 5.41) is 0. The van der Waals surface area contributed by atoms with Gasteiger partial charge < -0.3 is 4.74 Å². The first-order valence-corrected chi connectivity index (χ1v) is 11.7. The smallest absolute Gasteiger partial charge is 0.261 e. The highest BCUT2D eigenvalue weighted by atomic mass is 32.2. The molecule has 1 saturated carbocycles. The maximum atomic E-state index is 13.0.